The molecular formula is C21H26N2O3. The molecule has 2 aromatic carbocycles. The van der Waals surface area contributed by atoms with Gasteiger partial charge >= 0.3 is 0 Å². The number of ether oxygens (including phenoxy) is 2. The Morgan fingerprint density at radius 2 is 1.81 bits per heavy atom. The maximum absolute atomic E-state index is 12.8. The minimum atomic E-state index is -0.152. The number of methoxy groups -OCH3 is 2. The molecule has 1 amide bonds. The summed E-state index contributed by atoms with van der Waals surface area (Å²) < 4.78 is 10.6. The number of carbonyl (C=O) groups is 1. The van der Waals surface area contributed by atoms with E-state index in [1.54, 1.807) is 32.4 Å². The Balaban J connectivity index is 1.75. The van der Waals surface area contributed by atoms with E-state index in [0.29, 0.717) is 23.6 Å². The molecule has 0 aliphatic carbocycles. The number of benzene rings is 2. The molecular weight excluding hydrogens is 328 g/mol. The molecule has 1 unspecified atom stereocenters. The van der Waals surface area contributed by atoms with Crippen LogP contribution in [-0.4, -0.2) is 44.7 Å². The fourth-order valence-electron chi connectivity index (χ4n) is 3.46. The first-order chi connectivity index (χ1) is 12.7. The van der Waals surface area contributed by atoms with Gasteiger partial charge in [0.15, 0.2) is 0 Å². The standard InChI is InChI=1S/C21H26N2O3/c1-25-17-10-11-20(26-2)18(14-17)21(24)22-15-19(23-12-6-7-13-23)16-8-4-3-5-9-16/h3-5,8-11,14,19H,6-7,12-13,15H2,1-2H3,(H,22,24). The minimum Gasteiger partial charge on any atom is -0.497 e. The van der Waals surface area contributed by atoms with Gasteiger partial charge in [-0.2, -0.15) is 0 Å². The quantitative estimate of drug-likeness (QED) is 0.829. The molecule has 0 spiro atoms. The highest BCUT2D eigenvalue weighted by Crippen LogP contribution is 2.26. The van der Waals surface area contributed by atoms with E-state index in [2.05, 4.69) is 22.3 Å². The van der Waals surface area contributed by atoms with Gasteiger partial charge in [0.2, 0.25) is 0 Å². The molecule has 0 saturated carbocycles. The molecule has 26 heavy (non-hydrogen) atoms. The first kappa shape index (κ1) is 18.3. The van der Waals surface area contributed by atoms with Crippen LogP contribution >= 0.6 is 0 Å². The average Bonchev–Trinajstić information content (AvgIpc) is 3.22. The summed E-state index contributed by atoms with van der Waals surface area (Å²) in [6, 6.07) is 15.8. The summed E-state index contributed by atoms with van der Waals surface area (Å²) in [6.45, 7) is 2.69. The maximum atomic E-state index is 12.8. The smallest absolute Gasteiger partial charge is 0.255 e. The van der Waals surface area contributed by atoms with Crippen LogP contribution in [0.5, 0.6) is 11.5 Å². The van der Waals surface area contributed by atoms with E-state index in [0.717, 1.165) is 13.1 Å². The topological polar surface area (TPSA) is 50.8 Å². The predicted molar refractivity (Wildman–Crippen MR) is 102 cm³/mol. The van der Waals surface area contributed by atoms with Crippen molar-refractivity contribution in [1.29, 1.82) is 0 Å². The Bertz CT molecular complexity index is 727. The molecule has 1 aliphatic heterocycles. The fraction of sp³-hybridized carbons (Fsp3) is 0.381. The third-order valence-electron chi connectivity index (χ3n) is 4.87. The summed E-state index contributed by atoms with van der Waals surface area (Å²) >= 11 is 0. The van der Waals surface area contributed by atoms with E-state index in [4.69, 9.17) is 9.47 Å². The number of amides is 1. The highest BCUT2D eigenvalue weighted by Gasteiger charge is 2.24. The SMILES string of the molecule is COc1ccc(OC)c(C(=O)NCC(c2ccccc2)N2CCCC2)c1. The van der Waals surface area contributed by atoms with Crippen molar-refractivity contribution < 1.29 is 14.3 Å². The maximum Gasteiger partial charge on any atom is 0.255 e. The van der Waals surface area contributed by atoms with Crippen LogP contribution < -0.4 is 14.8 Å². The molecule has 0 bridgehead atoms. The first-order valence-electron chi connectivity index (χ1n) is 9.02. The van der Waals surface area contributed by atoms with Crippen LogP contribution in [0.4, 0.5) is 0 Å². The lowest BCUT2D eigenvalue weighted by atomic mass is 10.1. The van der Waals surface area contributed by atoms with Gasteiger partial charge in [0.1, 0.15) is 11.5 Å². The summed E-state index contributed by atoms with van der Waals surface area (Å²) in [5.41, 5.74) is 1.72. The molecule has 1 N–H and O–H groups in total. The van der Waals surface area contributed by atoms with Crippen LogP contribution in [0.15, 0.2) is 48.5 Å². The zero-order valence-electron chi connectivity index (χ0n) is 15.4. The number of hydrogen-bond acceptors (Lipinski definition) is 4. The zero-order valence-corrected chi connectivity index (χ0v) is 15.4. The Labute approximate surface area is 154 Å². The van der Waals surface area contributed by atoms with Gasteiger partial charge in [-0.15, -0.1) is 0 Å². The number of hydrogen-bond donors (Lipinski definition) is 1. The fourth-order valence-corrected chi connectivity index (χ4v) is 3.46. The monoisotopic (exact) mass is 354 g/mol. The van der Waals surface area contributed by atoms with Gasteiger partial charge in [0, 0.05) is 6.54 Å². The second kappa shape index (κ2) is 8.72. The van der Waals surface area contributed by atoms with Crippen molar-refractivity contribution in [1.82, 2.24) is 10.2 Å². The van der Waals surface area contributed by atoms with Gasteiger partial charge in [0.05, 0.1) is 25.8 Å². The number of nitrogens with one attached hydrogen (secondary N) is 1. The van der Waals surface area contributed by atoms with E-state index < -0.39 is 0 Å². The van der Waals surface area contributed by atoms with E-state index in [9.17, 15) is 4.79 Å². The van der Waals surface area contributed by atoms with E-state index in [-0.39, 0.29) is 11.9 Å². The van der Waals surface area contributed by atoms with Crippen molar-refractivity contribution in [3.63, 3.8) is 0 Å². The van der Waals surface area contributed by atoms with Crippen LogP contribution in [0, 0.1) is 0 Å². The van der Waals surface area contributed by atoms with E-state index >= 15 is 0 Å². The summed E-state index contributed by atoms with van der Waals surface area (Å²) in [5.74, 6) is 1.02. The predicted octanol–water partition coefficient (Wildman–Crippen LogP) is 3.27. The average molecular weight is 354 g/mol. The Morgan fingerprint density at radius 1 is 1.08 bits per heavy atom. The molecule has 1 aliphatic rings. The lowest BCUT2D eigenvalue weighted by Crippen LogP contribution is -2.36. The Kier molecular flexibility index (Phi) is 6.12. The zero-order chi connectivity index (χ0) is 18.4. The van der Waals surface area contributed by atoms with Crippen molar-refractivity contribution in [3.05, 3.63) is 59.7 Å². The normalized spacial score (nSPS) is 15.5. The first-order valence-corrected chi connectivity index (χ1v) is 9.02. The van der Waals surface area contributed by atoms with Gasteiger partial charge in [-0.05, 0) is 49.7 Å². The van der Waals surface area contributed by atoms with Crippen LogP contribution in [0.25, 0.3) is 0 Å². The molecule has 0 radical (unpaired) electrons. The lowest BCUT2D eigenvalue weighted by molar-refractivity contribution is 0.0934. The molecule has 2 aromatic rings. The lowest BCUT2D eigenvalue weighted by Gasteiger charge is -2.28. The molecule has 3 rings (SSSR count). The molecule has 1 atom stereocenters. The van der Waals surface area contributed by atoms with Crippen LogP contribution in [0.3, 0.4) is 0 Å². The Hall–Kier alpha value is -2.53. The van der Waals surface area contributed by atoms with Gasteiger partial charge in [-0.25, -0.2) is 0 Å². The van der Waals surface area contributed by atoms with Gasteiger partial charge in [-0.3, -0.25) is 9.69 Å². The molecule has 1 saturated heterocycles. The molecule has 5 heteroatoms. The molecule has 138 valence electrons. The summed E-state index contributed by atoms with van der Waals surface area (Å²) in [5, 5.41) is 3.08. The van der Waals surface area contributed by atoms with Crippen LogP contribution in [0.1, 0.15) is 34.8 Å². The second-order valence-electron chi connectivity index (χ2n) is 6.45. The molecule has 5 nitrogen and oxygen atoms in total. The van der Waals surface area contributed by atoms with Crippen molar-refractivity contribution in [3.8, 4) is 11.5 Å². The third kappa shape index (κ3) is 4.17. The number of carbonyl (C=O) groups excluding carboxylic acids is 1. The molecule has 1 fully saturated rings. The third-order valence-corrected chi connectivity index (χ3v) is 4.87. The molecule has 1 heterocycles. The van der Waals surface area contributed by atoms with Crippen LogP contribution in [-0.2, 0) is 0 Å². The Morgan fingerprint density at radius 3 is 2.46 bits per heavy atom. The van der Waals surface area contributed by atoms with Gasteiger partial charge in [-0.1, -0.05) is 30.3 Å². The van der Waals surface area contributed by atoms with Crippen molar-refractivity contribution >= 4 is 5.91 Å². The number of likely N-dealkylation sites (tertiary alicyclic amines) is 1. The second-order valence-corrected chi connectivity index (χ2v) is 6.45. The summed E-state index contributed by atoms with van der Waals surface area (Å²) in [4.78, 5) is 15.2. The van der Waals surface area contributed by atoms with Gasteiger partial charge in [0.25, 0.3) is 5.91 Å². The summed E-state index contributed by atoms with van der Waals surface area (Å²) in [7, 11) is 3.15. The molecule has 0 aromatic heterocycles. The number of rotatable bonds is 7. The van der Waals surface area contributed by atoms with Crippen molar-refractivity contribution in [2.45, 2.75) is 18.9 Å². The highest BCUT2D eigenvalue weighted by molar-refractivity contribution is 5.97. The number of nitrogens with zero attached hydrogens (tertiary/aromatic N) is 1. The van der Waals surface area contributed by atoms with Crippen molar-refractivity contribution in [2.75, 3.05) is 33.9 Å². The highest BCUT2D eigenvalue weighted by atomic mass is 16.5. The largest absolute Gasteiger partial charge is 0.497 e. The van der Waals surface area contributed by atoms with E-state index in [1.165, 1.54) is 18.4 Å². The van der Waals surface area contributed by atoms with Gasteiger partial charge < -0.3 is 14.8 Å². The van der Waals surface area contributed by atoms with E-state index in [1.807, 2.05) is 18.2 Å². The van der Waals surface area contributed by atoms with Crippen molar-refractivity contribution in [2.24, 2.45) is 0 Å². The summed E-state index contributed by atoms with van der Waals surface area (Å²) in [6.07, 6.45) is 2.42. The minimum absolute atomic E-state index is 0.152. The van der Waals surface area contributed by atoms with Crippen LogP contribution in [0.2, 0.25) is 0 Å².